The molecule has 15 heavy (non-hydrogen) atoms. The number of phenolic OH excluding ortho intramolecular Hbond substituents is 1. The van der Waals surface area contributed by atoms with Gasteiger partial charge in [0.1, 0.15) is 23.5 Å². The standard InChI is InChI=1S/C11H12O4/c1-11(10(13)14)5-7-4-8(12)2-3-9(7)15-6-11/h2-4,12H,5-6H2,1H3,(H,13,14). The molecule has 4 heteroatoms. The zero-order chi connectivity index (χ0) is 11.1. The van der Waals surface area contributed by atoms with Crippen LogP contribution in [0, 0.1) is 5.41 Å². The summed E-state index contributed by atoms with van der Waals surface area (Å²) >= 11 is 0. The normalized spacial score (nSPS) is 24.1. The fourth-order valence-corrected chi connectivity index (χ4v) is 1.69. The van der Waals surface area contributed by atoms with Crippen molar-refractivity contribution >= 4 is 5.97 Å². The molecule has 1 aromatic carbocycles. The molecule has 1 unspecified atom stereocenters. The van der Waals surface area contributed by atoms with Crippen molar-refractivity contribution in [2.45, 2.75) is 13.3 Å². The maximum absolute atomic E-state index is 11.0. The number of carboxylic acid groups (broad SMARTS) is 1. The summed E-state index contributed by atoms with van der Waals surface area (Å²) in [5, 5.41) is 18.3. The quantitative estimate of drug-likeness (QED) is 0.732. The van der Waals surface area contributed by atoms with Crippen molar-refractivity contribution in [2.75, 3.05) is 6.61 Å². The first-order chi connectivity index (χ1) is 7.01. The van der Waals surface area contributed by atoms with Crippen LogP contribution in [0.5, 0.6) is 11.5 Å². The number of rotatable bonds is 1. The average molecular weight is 208 g/mol. The van der Waals surface area contributed by atoms with E-state index in [0.717, 1.165) is 5.56 Å². The van der Waals surface area contributed by atoms with Crippen molar-refractivity contribution in [1.82, 2.24) is 0 Å². The van der Waals surface area contributed by atoms with E-state index in [4.69, 9.17) is 9.84 Å². The number of phenols is 1. The van der Waals surface area contributed by atoms with Crippen LogP contribution in [-0.2, 0) is 11.2 Å². The molecule has 1 atom stereocenters. The number of carbonyl (C=O) groups is 1. The highest BCUT2D eigenvalue weighted by Gasteiger charge is 2.38. The predicted octanol–water partition coefficient (Wildman–Crippen LogP) is 1.42. The van der Waals surface area contributed by atoms with Crippen molar-refractivity contribution < 1.29 is 19.7 Å². The van der Waals surface area contributed by atoms with E-state index < -0.39 is 11.4 Å². The molecule has 4 nitrogen and oxygen atoms in total. The van der Waals surface area contributed by atoms with Gasteiger partial charge in [0.05, 0.1) is 0 Å². The summed E-state index contributed by atoms with van der Waals surface area (Å²) in [6, 6.07) is 4.74. The third-order valence-corrected chi connectivity index (χ3v) is 2.69. The van der Waals surface area contributed by atoms with Gasteiger partial charge in [-0.05, 0) is 37.1 Å². The van der Waals surface area contributed by atoms with Gasteiger partial charge in [0.25, 0.3) is 0 Å². The van der Waals surface area contributed by atoms with Crippen LogP contribution in [0.2, 0.25) is 0 Å². The van der Waals surface area contributed by atoms with Crippen molar-refractivity contribution in [3.8, 4) is 11.5 Å². The molecule has 2 rings (SSSR count). The van der Waals surface area contributed by atoms with Gasteiger partial charge in [-0.25, -0.2) is 0 Å². The summed E-state index contributed by atoms with van der Waals surface area (Å²) in [5.74, 6) is -0.0880. The Balaban J connectivity index is 2.37. The van der Waals surface area contributed by atoms with Crippen LogP contribution in [0.3, 0.4) is 0 Å². The highest BCUT2D eigenvalue weighted by Crippen LogP contribution is 2.36. The summed E-state index contributed by atoms with van der Waals surface area (Å²) in [5.41, 5.74) is -0.160. The molecule has 0 bridgehead atoms. The van der Waals surface area contributed by atoms with Gasteiger partial charge in [-0.1, -0.05) is 0 Å². The van der Waals surface area contributed by atoms with E-state index in [-0.39, 0.29) is 12.4 Å². The third-order valence-electron chi connectivity index (χ3n) is 2.69. The lowest BCUT2D eigenvalue weighted by molar-refractivity contribution is -0.150. The first kappa shape index (κ1) is 9.83. The summed E-state index contributed by atoms with van der Waals surface area (Å²) in [4.78, 5) is 11.0. The van der Waals surface area contributed by atoms with Crippen LogP contribution < -0.4 is 4.74 Å². The molecule has 80 valence electrons. The van der Waals surface area contributed by atoms with Gasteiger partial charge in [0.2, 0.25) is 0 Å². The van der Waals surface area contributed by atoms with E-state index in [1.165, 1.54) is 6.07 Å². The van der Waals surface area contributed by atoms with Crippen LogP contribution in [0.25, 0.3) is 0 Å². The minimum atomic E-state index is -0.902. The molecule has 0 saturated carbocycles. The van der Waals surface area contributed by atoms with E-state index in [0.29, 0.717) is 12.2 Å². The fraction of sp³-hybridized carbons (Fsp3) is 0.364. The number of aromatic hydroxyl groups is 1. The molecule has 1 heterocycles. The first-order valence-corrected chi connectivity index (χ1v) is 4.69. The molecular weight excluding hydrogens is 196 g/mol. The SMILES string of the molecule is CC1(C(=O)O)COc2ccc(O)cc2C1. The molecule has 0 aromatic heterocycles. The summed E-state index contributed by atoms with van der Waals surface area (Å²) in [6.07, 6.45) is 0.381. The van der Waals surface area contributed by atoms with Crippen LogP contribution in [0.1, 0.15) is 12.5 Å². The monoisotopic (exact) mass is 208 g/mol. The Hall–Kier alpha value is -1.71. The van der Waals surface area contributed by atoms with Crippen LogP contribution in [0.15, 0.2) is 18.2 Å². The number of ether oxygens (including phenoxy) is 1. The van der Waals surface area contributed by atoms with Gasteiger partial charge in [-0.3, -0.25) is 4.79 Å². The number of hydrogen-bond acceptors (Lipinski definition) is 3. The Labute approximate surface area is 87.1 Å². The number of carboxylic acids is 1. The molecule has 0 saturated heterocycles. The van der Waals surface area contributed by atoms with Crippen molar-refractivity contribution in [2.24, 2.45) is 5.41 Å². The van der Waals surface area contributed by atoms with E-state index in [1.54, 1.807) is 19.1 Å². The molecule has 0 amide bonds. The smallest absolute Gasteiger partial charge is 0.313 e. The Morgan fingerprint density at radius 1 is 1.53 bits per heavy atom. The van der Waals surface area contributed by atoms with E-state index in [2.05, 4.69) is 0 Å². The highest BCUT2D eigenvalue weighted by molar-refractivity contribution is 5.75. The maximum Gasteiger partial charge on any atom is 0.313 e. The van der Waals surface area contributed by atoms with Gasteiger partial charge in [0.15, 0.2) is 0 Å². The average Bonchev–Trinajstić information content (AvgIpc) is 2.16. The lowest BCUT2D eigenvalue weighted by atomic mass is 9.82. The molecule has 1 aromatic rings. The molecule has 1 aliphatic rings. The number of hydrogen-bond donors (Lipinski definition) is 2. The molecule has 0 spiro atoms. The molecule has 2 N–H and O–H groups in total. The topological polar surface area (TPSA) is 66.8 Å². The maximum atomic E-state index is 11.0. The fourth-order valence-electron chi connectivity index (χ4n) is 1.69. The van der Waals surface area contributed by atoms with Gasteiger partial charge in [-0.2, -0.15) is 0 Å². The Morgan fingerprint density at radius 3 is 2.93 bits per heavy atom. The largest absolute Gasteiger partial charge is 0.508 e. The lowest BCUT2D eigenvalue weighted by Gasteiger charge is -2.31. The highest BCUT2D eigenvalue weighted by atomic mass is 16.5. The van der Waals surface area contributed by atoms with Crippen molar-refractivity contribution in [3.63, 3.8) is 0 Å². The minimum absolute atomic E-state index is 0.131. The van der Waals surface area contributed by atoms with Gasteiger partial charge in [0, 0.05) is 0 Å². The second-order valence-electron chi connectivity index (χ2n) is 4.12. The number of fused-ring (bicyclic) bond motifs is 1. The first-order valence-electron chi connectivity index (χ1n) is 4.69. The molecule has 1 aliphatic heterocycles. The summed E-state index contributed by atoms with van der Waals surface area (Å²) < 4.78 is 5.36. The number of benzene rings is 1. The Bertz CT molecular complexity index is 413. The molecule has 0 radical (unpaired) electrons. The van der Waals surface area contributed by atoms with Gasteiger partial charge in [-0.15, -0.1) is 0 Å². The van der Waals surface area contributed by atoms with Crippen molar-refractivity contribution in [1.29, 1.82) is 0 Å². The summed E-state index contributed by atoms with van der Waals surface area (Å²) in [7, 11) is 0. The molecular formula is C11H12O4. The van der Waals surface area contributed by atoms with E-state index in [9.17, 15) is 9.90 Å². The van der Waals surface area contributed by atoms with Crippen LogP contribution >= 0.6 is 0 Å². The second-order valence-corrected chi connectivity index (χ2v) is 4.12. The van der Waals surface area contributed by atoms with E-state index >= 15 is 0 Å². The van der Waals surface area contributed by atoms with E-state index in [1.807, 2.05) is 0 Å². The Kier molecular flexibility index (Phi) is 2.07. The number of aliphatic carboxylic acids is 1. The van der Waals surface area contributed by atoms with Crippen molar-refractivity contribution in [3.05, 3.63) is 23.8 Å². The lowest BCUT2D eigenvalue weighted by Crippen LogP contribution is -2.39. The third kappa shape index (κ3) is 1.63. The molecule has 0 fully saturated rings. The van der Waals surface area contributed by atoms with Crippen LogP contribution in [0.4, 0.5) is 0 Å². The second kappa shape index (κ2) is 3.15. The van der Waals surface area contributed by atoms with Gasteiger partial charge < -0.3 is 14.9 Å². The zero-order valence-corrected chi connectivity index (χ0v) is 8.36. The van der Waals surface area contributed by atoms with Crippen LogP contribution in [-0.4, -0.2) is 22.8 Å². The van der Waals surface area contributed by atoms with Gasteiger partial charge >= 0.3 is 5.97 Å². The summed E-state index contributed by atoms with van der Waals surface area (Å²) in [6.45, 7) is 1.81. The zero-order valence-electron chi connectivity index (χ0n) is 8.36. The Morgan fingerprint density at radius 2 is 2.27 bits per heavy atom. The predicted molar refractivity (Wildman–Crippen MR) is 53.0 cm³/mol. The minimum Gasteiger partial charge on any atom is -0.508 e. The molecule has 0 aliphatic carbocycles.